The van der Waals surface area contributed by atoms with Gasteiger partial charge in [0.2, 0.25) is 0 Å². The summed E-state index contributed by atoms with van der Waals surface area (Å²) < 4.78 is 5.58. The molecule has 0 saturated heterocycles. The smallest absolute Gasteiger partial charge is 0.256 e. The van der Waals surface area contributed by atoms with E-state index < -0.39 is 5.91 Å². The normalized spacial score (nSPS) is 16.0. The molecule has 1 heterocycles. The number of thiophene rings is 1. The Labute approximate surface area is 157 Å². The quantitative estimate of drug-likeness (QED) is 0.804. The van der Waals surface area contributed by atoms with Gasteiger partial charge in [0.05, 0.1) is 12.2 Å². The fourth-order valence-electron chi connectivity index (χ4n) is 3.22. The first-order valence-electron chi connectivity index (χ1n) is 8.98. The Hall–Kier alpha value is -2.34. The third-order valence-corrected chi connectivity index (χ3v) is 5.72. The van der Waals surface area contributed by atoms with Crippen LogP contribution in [0.5, 0.6) is 5.75 Å². The van der Waals surface area contributed by atoms with Crippen molar-refractivity contribution in [1.29, 1.82) is 0 Å². The highest BCUT2D eigenvalue weighted by Crippen LogP contribution is 2.39. The summed E-state index contributed by atoms with van der Waals surface area (Å²) in [5, 5.41) is 3.44. The molecule has 0 radical (unpaired) electrons. The average molecular weight is 372 g/mol. The molecule has 0 unspecified atom stereocenters. The molecule has 0 spiro atoms. The molecule has 1 aromatic carbocycles. The van der Waals surface area contributed by atoms with E-state index in [1.807, 2.05) is 13.0 Å². The van der Waals surface area contributed by atoms with Gasteiger partial charge in [0.1, 0.15) is 10.8 Å². The SMILES string of the molecule is CCCOc1cccc(C(=O)Nc2sc3c(c2C(N)=O)CC[C@@H](C)C3)c1. The van der Waals surface area contributed by atoms with Crippen molar-refractivity contribution in [2.45, 2.75) is 39.5 Å². The van der Waals surface area contributed by atoms with Crippen molar-refractivity contribution in [2.24, 2.45) is 11.7 Å². The van der Waals surface area contributed by atoms with Gasteiger partial charge in [-0.1, -0.05) is 19.9 Å². The molecule has 2 aromatic rings. The zero-order valence-electron chi connectivity index (χ0n) is 15.1. The van der Waals surface area contributed by atoms with Crippen LogP contribution >= 0.6 is 11.3 Å². The molecule has 138 valence electrons. The third-order valence-electron chi connectivity index (χ3n) is 4.55. The van der Waals surface area contributed by atoms with E-state index in [-0.39, 0.29) is 5.91 Å². The Kier molecular flexibility index (Phi) is 5.61. The van der Waals surface area contributed by atoms with Crippen LogP contribution in [0.3, 0.4) is 0 Å². The molecule has 3 rings (SSSR count). The lowest BCUT2D eigenvalue weighted by atomic mass is 9.88. The van der Waals surface area contributed by atoms with Crippen LogP contribution in [0, 0.1) is 5.92 Å². The highest BCUT2D eigenvalue weighted by molar-refractivity contribution is 7.17. The van der Waals surface area contributed by atoms with Crippen LogP contribution in [0.2, 0.25) is 0 Å². The number of carbonyl (C=O) groups is 2. The molecule has 0 saturated carbocycles. The maximum absolute atomic E-state index is 12.7. The van der Waals surface area contributed by atoms with Crippen molar-refractivity contribution >= 4 is 28.2 Å². The summed E-state index contributed by atoms with van der Waals surface area (Å²) in [4.78, 5) is 25.8. The van der Waals surface area contributed by atoms with Gasteiger partial charge in [-0.05, 0) is 55.4 Å². The minimum atomic E-state index is -0.479. The maximum atomic E-state index is 12.7. The molecule has 1 atom stereocenters. The number of amides is 2. The zero-order valence-corrected chi connectivity index (χ0v) is 15.9. The standard InChI is InChI=1S/C20H24N2O3S/c1-3-9-25-14-6-4-5-13(11-14)19(24)22-20-17(18(21)23)15-8-7-12(2)10-16(15)26-20/h4-6,11-12H,3,7-10H2,1-2H3,(H2,21,23)(H,22,24)/t12-/m1/s1. The Morgan fingerprint density at radius 3 is 2.92 bits per heavy atom. The molecule has 1 aliphatic carbocycles. The van der Waals surface area contributed by atoms with Gasteiger partial charge < -0.3 is 15.8 Å². The van der Waals surface area contributed by atoms with E-state index in [1.54, 1.807) is 18.2 Å². The van der Waals surface area contributed by atoms with Gasteiger partial charge in [-0.25, -0.2) is 0 Å². The van der Waals surface area contributed by atoms with Crippen molar-refractivity contribution < 1.29 is 14.3 Å². The van der Waals surface area contributed by atoms with Crippen LogP contribution in [0.1, 0.15) is 57.8 Å². The second-order valence-corrected chi connectivity index (χ2v) is 7.86. The minimum Gasteiger partial charge on any atom is -0.494 e. The highest BCUT2D eigenvalue weighted by atomic mass is 32.1. The Morgan fingerprint density at radius 2 is 2.19 bits per heavy atom. The van der Waals surface area contributed by atoms with Gasteiger partial charge in [-0.3, -0.25) is 9.59 Å². The van der Waals surface area contributed by atoms with Crippen LogP contribution in [0.25, 0.3) is 0 Å². The van der Waals surface area contributed by atoms with Gasteiger partial charge in [0.15, 0.2) is 0 Å². The number of fused-ring (bicyclic) bond motifs is 1. The molecule has 5 nitrogen and oxygen atoms in total. The largest absolute Gasteiger partial charge is 0.494 e. The van der Waals surface area contributed by atoms with Crippen LogP contribution in [-0.2, 0) is 12.8 Å². The molecule has 1 aliphatic rings. The summed E-state index contributed by atoms with van der Waals surface area (Å²) in [6.45, 7) is 4.83. The molecule has 2 amide bonds. The van der Waals surface area contributed by atoms with E-state index >= 15 is 0 Å². The monoisotopic (exact) mass is 372 g/mol. The van der Waals surface area contributed by atoms with Crippen molar-refractivity contribution in [3.05, 3.63) is 45.8 Å². The summed E-state index contributed by atoms with van der Waals surface area (Å²) in [5.74, 6) is 0.500. The van der Waals surface area contributed by atoms with Crippen LogP contribution in [-0.4, -0.2) is 18.4 Å². The molecule has 1 aromatic heterocycles. The van der Waals surface area contributed by atoms with Gasteiger partial charge in [0, 0.05) is 10.4 Å². The zero-order chi connectivity index (χ0) is 18.7. The van der Waals surface area contributed by atoms with E-state index in [2.05, 4.69) is 12.2 Å². The van der Waals surface area contributed by atoms with E-state index in [0.29, 0.717) is 34.4 Å². The lowest BCUT2D eigenvalue weighted by Gasteiger charge is -2.18. The molecule has 26 heavy (non-hydrogen) atoms. The number of benzene rings is 1. The van der Waals surface area contributed by atoms with E-state index in [9.17, 15) is 9.59 Å². The number of hydrogen-bond acceptors (Lipinski definition) is 4. The fraction of sp³-hybridized carbons (Fsp3) is 0.400. The number of anilines is 1. The number of carbonyl (C=O) groups excluding carboxylic acids is 2. The lowest BCUT2D eigenvalue weighted by molar-refractivity contribution is 0.1000. The van der Waals surface area contributed by atoms with Crippen molar-refractivity contribution in [3.8, 4) is 5.75 Å². The second kappa shape index (κ2) is 7.91. The molecule has 0 fully saturated rings. The third kappa shape index (κ3) is 3.90. The Bertz CT molecular complexity index is 828. The number of rotatable bonds is 6. The average Bonchev–Trinajstić information content (AvgIpc) is 2.97. The number of ether oxygens (including phenoxy) is 1. The first-order chi connectivity index (χ1) is 12.5. The first-order valence-corrected chi connectivity index (χ1v) is 9.79. The number of nitrogens with one attached hydrogen (secondary N) is 1. The highest BCUT2D eigenvalue weighted by Gasteiger charge is 2.27. The predicted octanol–water partition coefficient (Wildman–Crippen LogP) is 4.01. The minimum absolute atomic E-state index is 0.263. The van der Waals surface area contributed by atoms with Crippen molar-refractivity contribution in [1.82, 2.24) is 0 Å². The molecular formula is C20H24N2O3S. The topological polar surface area (TPSA) is 81.4 Å². The van der Waals surface area contributed by atoms with Crippen LogP contribution < -0.4 is 15.8 Å². The van der Waals surface area contributed by atoms with Gasteiger partial charge in [-0.2, -0.15) is 0 Å². The Morgan fingerprint density at radius 1 is 1.38 bits per heavy atom. The Balaban J connectivity index is 1.84. The van der Waals surface area contributed by atoms with Gasteiger partial charge in [-0.15, -0.1) is 11.3 Å². The first kappa shape index (κ1) is 18.5. The second-order valence-electron chi connectivity index (χ2n) is 6.75. The van der Waals surface area contributed by atoms with Gasteiger partial charge >= 0.3 is 0 Å². The van der Waals surface area contributed by atoms with E-state index in [1.165, 1.54) is 11.3 Å². The molecule has 0 bridgehead atoms. The molecule has 3 N–H and O–H groups in total. The molecule has 0 aliphatic heterocycles. The number of nitrogens with two attached hydrogens (primary N) is 1. The van der Waals surface area contributed by atoms with Crippen LogP contribution in [0.4, 0.5) is 5.00 Å². The fourth-order valence-corrected chi connectivity index (χ4v) is 4.63. The molecule has 6 heteroatoms. The summed E-state index contributed by atoms with van der Waals surface area (Å²) >= 11 is 1.47. The summed E-state index contributed by atoms with van der Waals surface area (Å²) in [5.41, 5.74) is 7.59. The van der Waals surface area contributed by atoms with Crippen LogP contribution in [0.15, 0.2) is 24.3 Å². The van der Waals surface area contributed by atoms with E-state index in [4.69, 9.17) is 10.5 Å². The molecular weight excluding hydrogens is 348 g/mol. The summed E-state index contributed by atoms with van der Waals surface area (Å²) in [6.07, 6.45) is 3.70. The number of hydrogen-bond donors (Lipinski definition) is 2. The lowest BCUT2D eigenvalue weighted by Crippen LogP contribution is -2.19. The van der Waals surface area contributed by atoms with Crippen molar-refractivity contribution in [3.63, 3.8) is 0 Å². The predicted molar refractivity (Wildman–Crippen MR) is 104 cm³/mol. The van der Waals surface area contributed by atoms with E-state index in [0.717, 1.165) is 36.1 Å². The maximum Gasteiger partial charge on any atom is 0.256 e. The summed E-state index contributed by atoms with van der Waals surface area (Å²) in [7, 11) is 0. The van der Waals surface area contributed by atoms with Gasteiger partial charge in [0.25, 0.3) is 11.8 Å². The van der Waals surface area contributed by atoms with Crippen molar-refractivity contribution in [2.75, 3.05) is 11.9 Å². The summed E-state index contributed by atoms with van der Waals surface area (Å²) in [6, 6.07) is 7.06. The number of primary amides is 1.